The number of aromatic nitrogens is 4. The van der Waals surface area contributed by atoms with E-state index in [1.54, 1.807) is 0 Å². The molecule has 0 bridgehead atoms. The first-order valence-corrected chi connectivity index (χ1v) is 12.3. The van der Waals surface area contributed by atoms with Gasteiger partial charge in [-0.2, -0.15) is 0 Å². The lowest BCUT2D eigenvalue weighted by Crippen LogP contribution is -2.17. The van der Waals surface area contributed by atoms with Crippen LogP contribution in [0.5, 0.6) is 0 Å². The highest BCUT2D eigenvalue weighted by molar-refractivity contribution is 5.87. The van der Waals surface area contributed by atoms with Crippen molar-refractivity contribution in [2.75, 3.05) is 0 Å². The highest BCUT2D eigenvalue weighted by atomic mass is 14.9. The quantitative estimate of drug-likeness (QED) is 0.274. The number of benzene rings is 3. The number of imidazole rings is 2. The van der Waals surface area contributed by atoms with E-state index in [-0.39, 0.29) is 10.8 Å². The van der Waals surface area contributed by atoms with Crippen LogP contribution < -0.4 is 0 Å². The summed E-state index contributed by atoms with van der Waals surface area (Å²) in [4.78, 5) is 16.9. The second-order valence-corrected chi connectivity index (χ2v) is 10.7. The number of hydrogen-bond donors (Lipinski definition) is 2. The van der Waals surface area contributed by atoms with Crippen LogP contribution in [-0.4, -0.2) is 19.9 Å². The average molecular weight is 451 g/mol. The van der Waals surface area contributed by atoms with Crippen molar-refractivity contribution >= 4 is 22.1 Å². The maximum absolute atomic E-state index is 4.91. The van der Waals surface area contributed by atoms with Gasteiger partial charge in [-0.3, -0.25) is 0 Å². The summed E-state index contributed by atoms with van der Waals surface area (Å²) in [6.07, 6.45) is 2.13. The molecule has 5 rings (SSSR count). The van der Waals surface area contributed by atoms with E-state index in [0.717, 1.165) is 63.2 Å². The Morgan fingerprint density at radius 1 is 0.647 bits per heavy atom. The molecular weight excluding hydrogens is 416 g/mol. The van der Waals surface area contributed by atoms with Gasteiger partial charge in [0.05, 0.1) is 22.1 Å². The molecule has 0 saturated heterocycles. The Kier molecular flexibility index (Phi) is 5.35. The predicted molar refractivity (Wildman–Crippen MR) is 143 cm³/mol. The van der Waals surface area contributed by atoms with Crippen LogP contribution >= 0.6 is 0 Å². The van der Waals surface area contributed by atoms with Gasteiger partial charge in [-0.05, 0) is 65.3 Å². The summed E-state index contributed by atoms with van der Waals surface area (Å²) >= 11 is 0. The van der Waals surface area contributed by atoms with Gasteiger partial charge in [0, 0.05) is 11.0 Å². The topological polar surface area (TPSA) is 57.4 Å². The smallest absolute Gasteiger partial charge is 0.138 e. The SMILES string of the molecule is CCC(C)(C)c1cccc(-c2nc3ccc(-c4ccc5[nH]c(C(C)(C)CC)nc5c4)cc3[nH]2)c1. The minimum atomic E-state index is 0.0358. The Hall–Kier alpha value is -3.40. The Labute approximate surface area is 201 Å². The van der Waals surface area contributed by atoms with Gasteiger partial charge in [0.25, 0.3) is 0 Å². The first kappa shape index (κ1) is 22.4. The van der Waals surface area contributed by atoms with Crippen LogP contribution in [0.3, 0.4) is 0 Å². The van der Waals surface area contributed by atoms with Crippen LogP contribution in [-0.2, 0) is 10.8 Å². The van der Waals surface area contributed by atoms with E-state index in [1.807, 2.05) is 0 Å². The molecule has 174 valence electrons. The van der Waals surface area contributed by atoms with Crippen molar-refractivity contribution in [3.8, 4) is 22.5 Å². The summed E-state index contributed by atoms with van der Waals surface area (Å²) in [5, 5.41) is 0. The fraction of sp³-hybridized carbons (Fsp3) is 0.333. The summed E-state index contributed by atoms with van der Waals surface area (Å²) in [6, 6.07) is 21.7. The second kappa shape index (κ2) is 8.12. The summed E-state index contributed by atoms with van der Waals surface area (Å²) < 4.78 is 0. The molecule has 4 heteroatoms. The molecule has 3 aromatic carbocycles. The third-order valence-corrected chi connectivity index (χ3v) is 7.62. The van der Waals surface area contributed by atoms with Crippen LogP contribution in [0.4, 0.5) is 0 Å². The summed E-state index contributed by atoms with van der Waals surface area (Å²) in [6.45, 7) is 13.5. The molecule has 0 atom stereocenters. The molecule has 0 spiro atoms. The lowest BCUT2D eigenvalue weighted by molar-refractivity contribution is 0.479. The first-order chi connectivity index (χ1) is 16.2. The Morgan fingerprint density at radius 2 is 1.38 bits per heavy atom. The number of nitrogens with zero attached hydrogens (tertiary/aromatic N) is 2. The monoisotopic (exact) mass is 450 g/mol. The van der Waals surface area contributed by atoms with Crippen molar-refractivity contribution in [1.82, 2.24) is 19.9 Å². The molecule has 34 heavy (non-hydrogen) atoms. The van der Waals surface area contributed by atoms with Gasteiger partial charge in [0.1, 0.15) is 11.6 Å². The van der Waals surface area contributed by atoms with Crippen LogP contribution in [0.2, 0.25) is 0 Å². The number of nitrogens with one attached hydrogen (secondary N) is 2. The van der Waals surface area contributed by atoms with Gasteiger partial charge in [-0.1, -0.05) is 71.9 Å². The van der Waals surface area contributed by atoms with Crippen molar-refractivity contribution < 1.29 is 0 Å². The van der Waals surface area contributed by atoms with Crippen LogP contribution in [0.1, 0.15) is 65.8 Å². The van der Waals surface area contributed by atoms with Gasteiger partial charge >= 0.3 is 0 Å². The van der Waals surface area contributed by atoms with Crippen molar-refractivity contribution in [2.45, 2.75) is 65.2 Å². The van der Waals surface area contributed by atoms with Crippen molar-refractivity contribution in [3.05, 3.63) is 72.1 Å². The molecule has 5 aromatic rings. The zero-order valence-corrected chi connectivity index (χ0v) is 21.1. The van der Waals surface area contributed by atoms with Crippen molar-refractivity contribution in [2.24, 2.45) is 0 Å². The normalized spacial score (nSPS) is 12.6. The highest BCUT2D eigenvalue weighted by Crippen LogP contribution is 2.32. The maximum Gasteiger partial charge on any atom is 0.138 e. The molecule has 2 aromatic heterocycles. The third kappa shape index (κ3) is 3.91. The van der Waals surface area contributed by atoms with Gasteiger partial charge in [0.2, 0.25) is 0 Å². The van der Waals surface area contributed by atoms with E-state index in [0.29, 0.717) is 0 Å². The first-order valence-electron chi connectivity index (χ1n) is 12.3. The molecule has 0 amide bonds. The molecule has 2 N–H and O–H groups in total. The molecule has 0 aliphatic rings. The molecule has 0 saturated carbocycles. The standard InChI is InChI=1S/C30H34N4/c1-7-29(3,4)22-11-9-10-21(16-22)27-31-23-14-12-19(17-25(23)32-27)20-13-15-24-26(18-20)34-28(33-24)30(5,6)8-2/h9-18H,7-8H2,1-6H3,(H,31,32)(H,33,34). The Morgan fingerprint density at radius 3 is 2.15 bits per heavy atom. The van der Waals surface area contributed by atoms with Crippen LogP contribution in [0, 0.1) is 0 Å². The number of rotatable bonds is 6. The fourth-order valence-electron chi connectivity index (χ4n) is 4.29. The van der Waals surface area contributed by atoms with Crippen LogP contribution in [0.15, 0.2) is 60.7 Å². The fourth-order valence-corrected chi connectivity index (χ4v) is 4.29. The van der Waals surface area contributed by atoms with Gasteiger partial charge < -0.3 is 9.97 Å². The van der Waals surface area contributed by atoms with E-state index in [2.05, 4.69) is 112 Å². The Balaban J connectivity index is 1.51. The minimum Gasteiger partial charge on any atom is -0.342 e. The highest BCUT2D eigenvalue weighted by Gasteiger charge is 2.22. The predicted octanol–water partition coefficient (Wildman–Crippen LogP) is 8.15. The lowest BCUT2D eigenvalue weighted by atomic mass is 9.81. The third-order valence-electron chi connectivity index (χ3n) is 7.62. The number of aromatic amines is 2. The van der Waals surface area contributed by atoms with E-state index in [9.17, 15) is 0 Å². The van der Waals surface area contributed by atoms with E-state index >= 15 is 0 Å². The lowest BCUT2D eigenvalue weighted by Gasteiger charge is -2.23. The van der Waals surface area contributed by atoms with Crippen molar-refractivity contribution in [1.29, 1.82) is 0 Å². The summed E-state index contributed by atoms with van der Waals surface area (Å²) in [5.41, 5.74) is 9.08. The van der Waals surface area contributed by atoms with Crippen LogP contribution in [0.25, 0.3) is 44.6 Å². The molecule has 0 fully saturated rings. The van der Waals surface area contributed by atoms with E-state index in [1.165, 1.54) is 5.56 Å². The molecule has 0 aliphatic heterocycles. The second-order valence-electron chi connectivity index (χ2n) is 10.7. The van der Waals surface area contributed by atoms with Gasteiger partial charge in [0.15, 0.2) is 0 Å². The molecule has 0 unspecified atom stereocenters. The van der Waals surface area contributed by atoms with Gasteiger partial charge in [-0.25, -0.2) is 9.97 Å². The molecular formula is C30H34N4. The average Bonchev–Trinajstić information content (AvgIpc) is 3.48. The zero-order valence-electron chi connectivity index (χ0n) is 21.1. The number of fused-ring (bicyclic) bond motifs is 2. The minimum absolute atomic E-state index is 0.0358. The maximum atomic E-state index is 4.91. The molecule has 0 aliphatic carbocycles. The largest absolute Gasteiger partial charge is 0.342 e. The molecule has 4 nitrogen and oxygen atoms in total. The Bertz CT molecular complexity index is 1480. The molecule has 0 radical (unpaired) electrons. The summed E-state index contributed by atoms with van der Waals surface area (Å²) in [7, 11) is 0. The molecule has 2 heterocycles. The number of hydrogen-bond acceptors (Lipinski definition) is 2. The zero-order chi connectivity index (χ0) is 24.1. The van der Waals surface area contributed by atoms with Crippen molar-refractivity contribution in [3.63, 3.8) is 0 Å². The number of H-pyrrole nitrogens is 2. The summed E-state index contributed by atoms with van der Waals surface area (Å²) in [5.74, 6) is 1.96. The van der Waals surface area contributed by atoms with E-state index < -0.39 is 0 Å². The van der Waals surface area contributed by atoms with Gasteiger partial charge in [-0.15, -0.1) is 0 Å². The van der Waals surface area contributed by atoms with E-state index in [4.69, 9.17) is 9.97 Å².